The van der Waals surface area contributed by atoms with E-state index in [4.69, 9.17) is 0 Å². The van der Waals surface area contributed by atoms with Crippen LogP contribution < -0.4 is 0 Å². The molecule has 3 heterocycles. The number of aromatic nitrogens is 5. The van der Waals surface area contributed by atoms with Crippen molar-refractivity contribution in [3.63, 3.8) is 0 Å². The highest BCUT2D eigenvalue weighted by molar-refractivity contribution is 5.76. The first-order valence-electron chi connectivity index (χ1n) is 8.95. The van der Waals surface area contributed by atoms with Gasteiger partial charge in [-0.3, -0.25) is 14.4 Å². The molecule has 1 amide bonds. The Balaban J connectivity index is 1.43. The molecule has 3 rings (SSSR count). The van der Waals surface area contributed by atoms with Crippen molar-refractivity contribution in [2.45, 2.75) is 32.7 Å². The van der Waals surface area contributed by atoms with E-state index in [0.717, 1.165) is 63.6 Å². The first kappa shape index (κ1) is 17.6. The molecule has 1 aliphatic heterocycles. The molecule has 2 aromatic rings. The molecule has 136 valence electrons. The zero-order chi connectivity index (χ0) is 17.6. The normalized spacial score (nSPS) is 16.2. The van der Waals surface area contributed by atoms with Gasteiger partial charge in [-0.1, -0.05) is 0 Å². The van der Waals surface area contributed by atoms with Crippen LogP contribution in [0.25, 0.3) is 0 Å². The molecule has 1 fully saturated rings. The smallest absolute Gasteiger partial charge is 0.223 e. The molecule has 0 spiro atoms. The number of amides is 1. The summed E-state index contributed by atoms with van der Waals surface area (Å²) in [5, 5.41) is 12.1. The minimum atomic E-state index is 0.248. The molecule has 0 bridgehead atoms. The predicted molar refractivity (Wildman–Crippen MR) is 93.9 cm³/mol. The van der Waals surface area contributed by atoms with Crippen molar-refractivity contribution in [2.24, 2.45) is 7.05 Å². The molecule has 0 atom stereocenters. The summed E-state index contributed by atoms with van der Waals surface area (Å²) in [5.41, 5.74) is 1.11. The van der Waals surface area contributed by atoms with Crippen LogP contribution in [0.15, 0.2) is 18.6 Å². The summed E-state index contributed by atoms with van der Waals surface area (Å²) in [6, 6.07) is 1.98. The van der Waals surface area contributed by atoms with Crippen LogP contribution in [0.4, 0.5) is 0 Å². The van der Waals surface area contributed by atoms with Crippen LogP contribution in [0.2, 0.25) is 0 Å². The quantitative estimate of drug-likeness (QED) is 0.762. The number of rotatable bonds is 6. The second kappa shape index (κ2) is 8.24. The molecule has 1 saturated heterocycles. The van der Waals surface area contributed by atoms with Crippen LogP contribution in [0, 0.1) is 6.92 Å². The Morgan fingerprint density at radius 3 is 2.80 bits per heavy atom. The van der Waals surface area contributed by atoms with Gasteiger partial charge in [-0.05, 0) is 32.4 Å². The van der Waals surface area contributed by atoms with Gasteiger partial charge in [-0.25, -0.2) is 0 Å². The average molecular weight is 345 g/mol. The molecule has 8 heteroatoms. The topological polar surface area (TPSA) is 72.1 Å². The van der Waals surface area contributed by atoms with Crippen molar-refractivity contribution in [3.8, 4) is 0 Å². The van der Waals surface area contributed by atoms with Crippen molar-refractivity contribution in [3.05, 3.63) is 30.1 Å². The zero-order valence-corrected chi connectivity index (χ0v) is 15.1. The molecule has 0 aliphatic carbocycles. The van der Waals surface area contributed by atoms with Crippen molar-refractivity contribution < 1.29 is 4.79 Å². The Morgan fingerprint density at radius 2 is 2.08 bits per heavy atom. The third kappa shape index (κ3) is 4.66. The first-order valence-corrected chi connectivity index (χ1v) is 8.95. The second-order valence-electron chi connectivity index (χ2n) is 6.59. The monoisotopic (exact) mass is 345 g/mol. The van der Waals surface area contributed by atoms with Crippen molar-refractivity contribution >= 4 is 5.91 Å². The van der Waals surface area contributed by atoms with Gasteiger partial charge in [-0.2, -0.15) is 5.10 Å². The van der Waals surface area contributed by atoms with Crippen LogP contribution in [0.1, 0.15) is 24.4 Å². The summed E-state index contributed by atoms with van der Waals surface area (Å²) >= 11 is 0. The van der Waals surface area contributed by atoms with Gasteiger partial charge in [0.05, 0.1) is 0 Å². The van der Waals surface area contributed by atoms with E-state index in [1.54, 1.807) is 12.5 Å². The van der Waals surface area contributed by atoms with Gasteiger partial charge in [0.2, 0.25) is 5.91 Å². The fraction of sp³-hybridized carbons (Fsp3) is 0.647. The largest absolute Gasteiger partial charge is 0.341 e. The SMILES string of the molecule is Cc1nncn1CCN1CCCN(C(=O)CCc2ccnn2C)CC1. The van der Waals surface area contributed by atoms with Crippen LogP contribution >= 0.6 is 0 Å². The minimum absolute atomic E-state index is 0.248. The molecule has 8 nitrogen and oxygen atoms in total. The third-order valence-electron chi connectivity index (χ3n) is 4.92. The van der Waals surface area contributed by atoms with E-state index in [1.165, 1.54) is 0 Å². The van der Waals surface area contributed by atoms with Crippen LogP contribution in [-0.4, -0.2) is 73.0 Å². The lowest BCUT2D eigenvalue weighted by molar-refractivity contribution is -0.131. The van der Waals surface area contributed by atoms with E-state index in [2.05, 4.69) is 24.8 Å². The summed E-state index contributed by atoms with van der Waals surface area (Å²) in [4.78, 5) is 16.9. The molecule has 0 N–H and O–H groups in total. The maximum atomic E-state index is 12.5. The number of nitrogens with zero attached hydrogens (tertiary/aromatic N) is 7. The van der Waals surface area contributed by atoms with Gasteiger partial charge >= 0.3 is 0 Å². The average Bonchev–Trinajstić information content (AvgIpc) is 3.12. The maximum absolute atomic E-state index is 12.5. The van der Waals surface area contributed by atoms with E-state index < -0.39 is 0 Å². The van der Waals surface area contributed by atoms with E-state index in [1.807, 2.05) is 29.6 Å². The van der Waals surface area contributed by atoms with Gasteiger partial charge in [0.1, 0.15) is 12.2 Å². The van der Waals surface area contributed by atoms with Crippen LogP contribution in [0.5, 0.6) is 0 Å². The fourth-order valence-corrected chi connectivity index (χ4v) is 3.26. The van der Waals surface area contributed by atoms with E-state index in [0.29, 0.717) is 6.42 Å². The molecule has 1 aliphatic rings. The zero-order valence-electron chi connectivity index (χ0n) is 15.1. The highest BCUT2D eigenvalue weighted by Gasteiger charge is 2.19. The minimum Gasteiger partial charge on any atom is -0.341 e. The summed E-state index contributed by atoms with van der Waals surface area (Å²) < 4.78 is 3.91. The summed E-state index contributed by atoms with van der Waals surface area (Å²) in [6.07, 6.45) is 5.89. The van der Waals surface area contributed by atoms with Gasteiger partial charge in [-0.15, -0.1) is 10.2 Å². The Labute approximate surface area is 148 Å². The lowest BCUT2D eigenvalue weighted by Crippen LogP contribution is -2.36. The number of hydrogen-bond donors (Lipinski definition) is 0. The number of hydrogen-bond acceptors (Lipinski definition) is 5. The Morgan fingerprint density at radius 1 is 1.20 bits per heavy atom. The van der Waals surface area contributed by atoms with E-state index in [9.17, 15) is 4.79 Å². The number of carbonyl (C=O) groups is 1. The van der Waals surface area contributed by atoms with Crippen molar-refractivity contribution in [1.82, 2.24) is 34.3 Å². The Bertz CT molecular complexity index is 693. The van der Waals surface area contributed by atoms with Gasteiger partial charge in [0, 0.05) is 58.1 Å². The highest BCUT2D eigenvalue weighted by Crippen LogP contribution is 2.08. The standard InChI is InChI=1S/C17H27N7O/c1-15-20-18-14-24(15)13-11-22-8-3-9-23(12-10-22)17(25)5-4-16-6-7-19-21(16)2/h6-7,14H,3-5,8-13H2,1-2H3. The number of aryl methyl sites for hydroxylation is 3. The summed E-state index contributed by atoms with van der Waals surface area (Å²) in [7, 11) is 1.92. The predicted octanol–water partition coefficient (Wildman–Crippen LogP) is 0.487. The van der Waals surface area contributed by atoms with E-state index in [-0.39, 0.29) is 5.91 Å². The fourth-order valence-electron chi connectivity index (χ4n) is 3.26. The lowest BCUT2D eigenvalue weighted by atomic mass is 10.2. The molecule has 0 unspecified atom stereocenters. The van der Waals surface area contributed by atoms with Crippen LogP contribution in [0.3, 0.4) is 0 Å². The van der Waals surface area contributed by atoms with E-state index >= 15 is 0 Å². The second-order valence-corrected chi connectivity index (χ2v) is 6.59. The van der Waals surface area contributed by atoms with Gasteiger partial charge in [0.25, 0.3) is 0 Å². The van der Waals surface area contributed by atoms with Crippen molar-refractivity contribution in [2.75, 3.05) is 32.7 Å². The highest BCUT2D eigenvalue weighted by atomic mass is 16.2. The summed E-state index contributed by atoms with van der Waals surface area (Å²) in [6.45, 7) is 7.46. The molecule has 25 heavy (non-hydrogen) atoms. The van der Waals surface area contributed by atoms with Gasteiger partial charge in [0.15, 0.2) is 0 Å². The van der Waals surface area contributed by atoms with Crippen molar-refractivity contribution in [1.29, 1.82) is 0 Å². The first-order chi connectivity index (χ1) is 12.1. The molecule has 2 aromatic heterocycles. The molecular weight excluding hydrogens is 318 g/mol. The molecular formula is C17H27N7O. The Hall–Kier alpha value is -2.22. The number of carbonyl (C=O) groups excluding carboxylic acids is 1. The molecule has 0 saturated carbocycles. The Kier molecular flexibility index (Phi) is 5.80. The van der Waals surface area contributed by atoms with Gasteiger partial charge < -0.3 is 9.47 Å². The van der Waals surface area contributed by atoms with Crippen LogP contribution in [-0.2, 0) is 24.8 Å². The maximum Gasteiger partial charge on any atom is 0.223 e. The summed E-state index contributed by atoms with van der Waals surface area (Å²) in [5.74, 6) is 1.19. The lowest BCUT2D eigenvalue weighted by Gasteiger charge is -2.22. The molecule has 0 aromatic carbocycles. The third-order valence-corrected chi connectivity index (χ3v) is 4.92. The molecule has 0 radical (unpaired) electrons.